The first-order chi connectivity index (χ1) is 15.9. The summed E-state index contributed by atoms with van der Waals surface area (Å²) in [5.41, 5.74) is -0.0452. The molecule has 2 aromatic carbocycles. The maximum Gasteiger partial charge on any atom is 0.271 e. The highest BCUT2D eigenvalue weighted by molar-refractivity contribution is 6.18. The Hall–Kier alpha value is -4.27. The normalized spacial score (nSPS) is 19.2. The zero-order valence-corrected chi connectivity index (χ0v) is 17.7. The van der Waals surface area contributed by atoms with Gasteiger partial charge in [-0.15, -0.1) is 0 Å². The van der Waals surface area contributed by atoms with Crippen LogP contribution >= 0.6 is 0 Å². The SMILES string of the molecule is CN1C(=O)c2ccc(Nc3ccccn3)cc2N2C(=O)CCC12C(=O)Nc1cccc(F)c1. The topological polar surface area (TPSA) is 94.6 Å². The fourth-order valence-corrected chi connectivity index (χ4v) is 4.44. The first-order valence-electron chi connectivity index (χ1n) is 10.4. The van der Waals surface area contributed by atoms with Gasteiger partial charge in [-0.2, -0.15) is 0 Å². The highest BCUT2D eigenvalue weighted by Gasteiger charge is 2.59. The van der Waals surface area contributed by atoms with Crippen LogP contribution in [0.4, 0.5) is 27.3 Å². The van der Waals surface area contributed by atoms with E-state index in [9.17, 15) is 18.8 Å². The van der Waals surface area contributed by atoms with E-state index >= 15 is 0 Å². The van der Waals surface area contributed by atoms with Crippen LogP contribution in [0.15, 0.2) is 66.9 Å². The fraction of sp³-hybridized carbons (Fsp3) is 0.167. The minimum absolute atomic E-state index is 0.0888. The maximum atomic E-state index is 13.7. The molecule has 1 unspecified atom stereocenters. The number of nitrogens with one attached hydrogen (secondary N) is 2. The van der Waals surface area contributed by atoms with E-state index in [0.717, 1.165) is 0 Å². The average Bonchev–Trinajstić information content (AvgIpc) is 3.17. The van der Waals surface area contributed by atoms with Gasteiger partial charge in [0.1, 0.15) is 11.6 Å². The van der Waals surface area contributed by atoms with E-state index in [2.05, 4.69) is 15.6 Å². The monoisotopic (exact) mass is 445 g/mol. The maximum absolute atomic E-state index is 13.7. The summed E-state index contributed by atoms with van der Waals surface area (Å²) in [6.07, 6.45) is 1.85. The van der Waals surface area contributed by atoms with Crippen molar-refractivity contribution in [2.75, 3.05) is 22.6 Å². The van der Waals surface area contributed by atoms with Gasteiger partial charge < -0.3 is 15.5 Å². The van der Waals surface area contributed by atoms with Gasteiger partial charge in [-0.1, -0.05) is 12.1 Å². The molecule has 1 aromatic heterocycles. The summed E-state index contributed by atoms with van der Waals surface area (Å²) in [6, 6.07) is 15.9. The predicted molar refractivity (Wildman–Crippen MR) is 121 cm³/mol. The van der Waals surface area contributed by atoms with Crippen molar-refractivity contribution in [2.45, 2.75) is 18.5 Å². The molecule has 0 saturated carbocycles. The minimum Gasteiger partial charge on any atom is -0.340 e. The number of halogens is 1. The van der Waals surface area contributed by atoms with Crippen molar-refractivity contribution in [1.82, 2.24) is 9.88 Å². The summed E-state index contributed by atoms with van der Waals surface area (Å²) >= 11 is 0. The molecule has 33 heavy (non-hydrogen) atoms. The van der Waals surface area contributed by atoms with Gasteiger partial charge in [0.15, 0.2) is 0 Å². The van der Waals surface area contributed by atoms with E-state index < -0.39 is 17.4 Å². The van der Waals surface area contributed by atoms with Gasteiger partial charge in [0.2, 0.25) is 11.6 Å². The van der Waals surface area contributed by atoms with Crippen molar-refractivity contribution in [3.63, 3.8) is 0 Å². The smallest absolute Gasteiger partial charge is 0.271 e. The number of aromatic nitrogens is 1. The highest BCUT2D eigenvalue weighted by atomic mass is 19.1. The molecule has 0 radical (unpaired) electrons. The lowest BCUT2D eigenvalue weighted by Gasteiger charge is -2.47. The molecule has 8 nitrogen and oxygen atoms in total. The van der Waals surface area contributed by atoms with Crippen LogP contribution in [0.25, 0.3) is 0 Å². The van der Waals surface area contributed by atoms with E-state index in [4.69, 9.17) is 0 Å². The van der Waals surface area contributed by atoms with Crippen LogP contribution in [0.3, 0.4) is 0 Å². The minimum atomic E-state index is -1.56. The molecule has 2 aliphatic rings. The molecule has 0 aliphatic carbocycles. The molecule has 3 heterocycles. The molecule has 0 spiro atoms. The van der Waals surface area contributed by atoms with Crippen molar-refractivity contribution in [2.24, 2.45) is 0 Å². The molecule has 9 heteroatoms. The first-order valence-corrected chi connectivity index (χ1v) is 10.4. The Morgan fingerprint density at radius 1 is 1.06 bits per heavy atom. The summed E-state index contributed by atoms with van der Waals surface area (Å²) in [7, 11) is 1.50. The number of anilines is 4. The van der Waals surface area contributed by atoms with Gasteiger partial charge in [0, 0.05) is 37.5 Å². The number of pyridine rings is 1. The lowest BCUT2D eigenvalue weighted by molar-refractivity contribution is -0.128. The summed E-state index contributed by atoms with van der Waals surface area (Å²) in [5, 5.41) is 5.83. The second-order valence-corrected chi connectivity index (χ2v) is 7.95. The number of benzene rings is 2. The molecule has 1 atom stereocenters. The number of hydrogen-bond donors (Lipinski definition) is 2. The van der Waals surface area contributed by atoms with Crippen LogP contribution in [0.5, 0.6) is 0 Å². The van der Waals surface area contributed by atoms with Gasteiger partial charge >= 0.3 is 0 Å². The van der Waals surface area contributed by atoms with Gasteiger partial charge in [-0.3, -0.25) is 19.3 Å². The summed E-state index contributed by atoms with van der Waals surface area (Å²) in [6.45, 7) is 0. The Morgan fingerprint density at radius 2 is 1.91 bits per heavy atom. The van der Waals surface area contributed by atoms with E-state index in [1.807, 2.05) is 6.07 Å². The average molecular weight is 445 g/mol. The molecule has 1 saturated heterocycles. The number of likely N-dealkylation sites (N-methyl/N-ethyl adjacent to an activating group) is 1. The first kappa shape index (κ1) is 20.6. The van der Waals surface area contributed by atoms with Crippen molar-refractivity contribution in [3.05, 3.63) is 78.2 Å². The third kappa shape index (κ3) is 3.29. The Kier molecular flexibility index (Phi) is 4.81. The highest BCUT2D eigenvalue weighted by Crippen LogP contribution is 2.45. The Morgan fingerprint density at radius 3 is 2.67 bits per heavy atom. The van der Waals surface area contributed by atoms with Crippen molar-refractivity contribution >= 4 is 40.6 Å². The van der Waals surface area contributed by atoms with Crippen molar-refractivity contribution in [1.29, 1.82) is 0 Å². The van der Waals surface area contributed by atoms with Crippen molar-refractivity contribution in [3.8, 4) is 0 Å². The Balaban J connectivity index is 1.57. The van der Waals surface area contributed by atoms with Gasteiger partial charge in [-0.25, -0.2) is 9.37 Å². The Bertz CT molecular complexity index is 1280. The lowest BCUT2D eigenvalue weighted by atomic mass is 9.96. The number of carbonyl (C=O) groups is 3. The zero-order valence-electron chi connectivity index (χ0n) is 17.7. The molecule has 2 N–H and O–H groups in total. The van der Waals surface area contributed by atoms with Crippen LogP contribution in [0, 0.1) is 5.82 Å². The lowest BCUT2D eigenvalue weighted by Crippen LogP contribution is -2.68. The van der Waals surface area contributed by atoms with E-state index in [1.165, 1.54) is 35.0 Å². The molecular weight excluding hydrogens is 425 g/mol. The van der Waals surface area contributed by atoms with Crippen LogP contribution in [0.2, 0.25) is 0 Å². The van der Waals surface area contributed by atoms with E-state index in [-0.39, 0.29) is 30.3 Å². The Labute approximate surface area is 189 Å². The van der Waals surface area contributed by atoms with Crippen LogP contribution in [0.1, 0.15) is 23.2 Å². The van der Waals surface area contributed by atoms with Crippen LogP contribution in [-0.2, 0) is 9.59 Å². The molecule has 3 amide bonds. The fourth-order valence-electron chi connectivity index (χ4n) is 4.44. The number of amides is 3. The number of rotatable bonds is 4. The third-order valence-electron chi connectivity index (χ3n) is 6.02. The van der Waals surface area contributed by atoms with Crippen molar-refractivity contribution < 1.29 is 18.8 Å². The number of fused-ring (bicyclic) bond motifs is 3. The molecule has 5 rings (SSSR count). The van der Waals surface area contributed by atoms with E-state index in [0.29, 0.717) is 22.8 Å². The largest absolute Gasteiger partial charge is 0.340 e. The quantitative estimate of drug-likeness (QED) is 0.641. The predicted octanol–water partition coefficient (Wildman–Crippen LogP) is 3.51. The molecule has 0 bridgehead atoms. The van der Waals surface area contributed by atoms with Gasteiger partial charge in [-0.05, 0) is 48.5 Å². The second kappa shape index (κ2) is 7.70. The molecule has 166 valence electrons. The van der Waals surface area contributed by atoms with Crippen LogP contribution in [-0.4, -0.2) is 40.3 Å². The van der Waals surface area contributed by atoms with Crippen LogP contribution < -0.4 is 15.5 Å². The number of hydrogen-bond acceptors (Lipinski definition) is 5. The summed E-state index contributed by atoms with van der Waals surface area (Å²) in [5.74, 6) is -1.15. The number of carbonyl (C=O) groups excluding carboxylic acids is 3. The molecule has 3 aromatic rings. The van der Waals surface area contributed by atoms with E-state index in [1.54, 1.807) is 42.6 Å². The standard InChI is InChI=1S/C24H20FN5O3/c1-29-22(32)18-9-8-17(27-20-7-2-3-12-26-20)14-19(18)30-21(31)10-11-24(29,30)23(33)28-16-6-4-5-15(25)13-16/h2-9,12-14H,10-11H2,1H3,(H,26,27)(H,28,33). The molecular formula is C24H20FN5O3. The zero-order chi connectivity index (χ0) is 23.2. The molecule has 2 aliphatic heterocycles. The summed E-state index contributed by atoms with van der Waals surface area (Å²) in [4.78, 5) is 46.7. The third-order valence-corrected chi connectivity index (χ3v) is 6.02. The van der Waals surface area contributed by atoms with Gasteiger partial charge in [0.05, 0.1) is 11.3 Å². The second-order valence-electron chi connectivity index (χ2n) is 7.95. The molecule has 1 fully saturated rings. The number of nitrogens with zero attached hydrogens (tertiary/aromatic N) is 3. The van der Waals surface area contributed by atoms with Gasteiger partial charge in [0.25, 0.3) is 11.8 Å². The summed E-state index contributed by atoms with van der Waals surface area (Å²) < 4.78 is 13.7.